The number of rotatable bonds is 7. The van der Waals surface area contributed by atoms with Crippen LogP contribution in [0.3, 0.4) is 0 Å². The van der Waals surface area contributed by atoms with Crippen LogP contribution < -0.4 is 10.1 Å². The third-order valence-electron chi connectivity index (χ3n) is 5.99. The Morgan fingerprint density at radius 3 is 2.87 bits per heavy atom. The van der Waals surface area contributed by atoms with E-state index in [4.69, 9.17) is 4.74 Å². The van der Waals surface area contributed by atoms with Gasteiger partial charge in [-0.15, -0.1) is 0 Å². The number of nitrogens with zero attached hydrogens (tertiary/aromatic N) is 3. The van der Waals surface area contributed by atoms with Crippen molar-refractivity contribution in [3.8, 4) is 5.75 Å². The summed E-state index contributed by atoms with van der Waals surface area (Å²) in [6, 6.07) is 10.4. The topological polar surface area (TPSA) is 59.4 Å². The number of carbonyl (C=O) groups excluding carboxylic acids is 1. The number of aromatic nitrogens is 2. The second-order valence-electron chi connectivity index (χ2n) is 8.13. The van der Waals surface area contributed by atoms with E-state index in [-0.39, 0.29) is 12.0 Å². The number of fused-ring (bicyclic) bond motifs is 1. The van der Waals surface area contributed by atoms with E-state index in [2.05, 4.69) is 51.2 Å². The highest BCUT2D eigenvalue weighted by Gasteiger charge is 2.24. The minimum absolute atomic E-state index is 0.00197. The van der Waals surface area contributed by atoms with Crippen LogP contribution in [0.4, 0.5) is 0 Å². The molecule has 4 rings (SSSR count). The van der Waals surface area contributed by atoms with Crippen molar-refractivity contribution in [2.45, 2.75) is 39.3 Å². The predicted molar refractivity (Wildman–Crippen MR) is 123 cm³/mol. The summed E-state index contributed by atoms with van der Waals surface area (Å²) < 4.78 is 8.22. The van der Waals surface area contributed by atoms with Gasteiger partial charge >= 0.3 is 0 Å². The first-order valence-corrected chi connectivity index (χ1v) is 11.7. The lowest BCUT2D eigenvalue weighted by Gasteiger charge is -2.23. The number of carbonyl (C=O) groups is 1. The van der Waals surface area contributed by atoms with Gasteiger partial charge in [0.1, 0.15) is 11.9 Å². The quantitative estimate of drug-likeness (QED) is 0.610. The largest absolute Gasteiger partial charge is 0.484 e. The van der Waals surface area contributed by atoms with Gasteiger partial charge in [0.05, 0.1) is 5.69 Å². The van der Waals surface area contributed by atoms with Crippen molar-refractivity contribution in [3.63, 3.8) is 0 Å². The summed E-state index contributed by atoms with van der Waals surface area (Å²) in [6.45, 7) is 7.09. The van der Waals surface area contributed by atoms with Crippen LogP contribution in [0.25, 0.3) is 0 Å². The van der Waals surface area contributed by atoms with E-state index in [1.54, 1.807) is 11.3 Å². The first kappa shape index (κ1) is 21.6. The molecule has 3 heterocycles. The van der Waals surface area contributed by atoms with Crippen molar-refractivity contribution in [1.82, 2.24) is 20.0 Å². The maximum absolute atomic E-state index is 12.4. The monoisotopic (exact) mass is 438 g/mol. The Balaban J connectivity index is 1.32. The fourth-order valence-corrected chi connectivity index (χ4v) is 4.84. The van der Waals surface area contributed by atoms with Gasteiger partial charge in [-0.3, -0.25) is 14.4 Å². The molecule has 0 fully saturated rings. The zero-order valence-electron chi connectivity index (χ0n) is 18.4. The second kappa shape index (κ2) is 9.66. The first-order chi connectivity index (χ1) is 15.0. The molecule has 2 aromatic heterocycles. The smallest absolute Gasteiger partial charge is 0.220 e. The highest BCUT2D eigenvalue weighted by Crippen LogP contribution is 2.31. The van der Waals surface area contributed by atoms with Crippen LogP contribution in [-0.2, 0) is 24.8 Å². The Bertz CT molecular complexity index is 1030. The number of thiophene rings is 1. The van der Waals surface area contributed by atoms with Crippen LogP contribution in [0.5, 0.6) is 5.75 Å². The molecule has 0 bridgehead atoms. The molecule has 0 spiro atoms. The number of hydrogen-bond donors (Lipinski definition) is 1. The molecular weight excluding hydrogens is 408 g/mol. The predicted octanol–water partition coefficient (Wildman–Crippen LogP) is 3.78. The Morgan fingerprint density at radius 1 is 1.29 bits per heavy atom. The van der Waals surface area contributed by atoms with Crippen molar-refractivity contribution in [3.05, 3.63) is 69.2 Å². The zero-order valence-corrected chi connectivity index (χ0v) is 19.2. The molecule has 0 unspecified atom stereocenters. The van der Waals surface area contributed by atoms with Gasteiger partial charge in [-0.1, -0.05) is 18.2 Å². The van der Waals surface area contributed by atoms with Gasteiger partial charge in [-0.2, -0.15) is 16.4 Å². The summed E-state index contributed by atoms with van der Waals surface area (Å²) in [6.07, 6.45) is 1.21. The number of para-hydroxylation sites is 1. The lowest BCUT2D eigenvalue weighted by atomic mass is 10.1. The van der Waals surface area contributed by atoms with Gasteiger partial charge in [0.25, 0.3) is 0 Å². The number of aryl methyl sites for hydroxylation is 2. The molecule has 1 aromatic carbocycles. The Labute approximate surface area is 187 Å². The van der Waals surface area contributed by atoms with Crippen LogP contribution in [0, 0.1) is 13.8 Å². The van der Waals surface area contributed by atoms with Crippen molar-refractivity contribution < 1.29 is 9.53 Å². The second-order valence-corrected chi connectivity index (χ2v) is 8.91. The minimum atomic E-state index is 0.00197. The fraction of sp³-hybridized carbons (Fsp3) is 0.417. The van der Waals surface area contributed by atoms with Crippen LogP contribution in [0.15, 0.2) is 41.1 Å². The Hall–Kier alpha value is -2.64. The van der Waals surface area contributed by atoms with E-state index >= 15 is 0 Å². The maximum Gasteiger partial charge on any atom is 0.220 e. The van der Waals surface area contributed by atoms with Gasteiger partial charge in [0.15, 0.2) is 0 Å². The van der Waals surface area contributed by atoms with Gasteiger partial charge in [-0.25, -0.2) is 0 Å². The first-order valence-electron chi connectivity index (χ1n) is 10.8. The van der Waals surface area contributed by atoms with Crippen LogP contribution in [-0.4, -0.2) is 40.2 Å². The highest BCUT2D eigenvalue weighted by molar-refractivity contribution is 7.07. The molecule has 1 aliphatic rings. The van der Waals surface area contributed by atoms with E-state index in [0.717, 1.165) is 43.2 Å². The van der Waals surface area contributed by atoms with Crippen LogP contribution in [0.1, 0.15) is 40.6 Å². The van der Waals surface area contributed by atoms with Gasteiger partial charge in [-0.05, 0) is 48.7 Å². The average Bonchev–Trinajstić information content (AvgIpc) is 3.31. The fourth-order valence-electron chi connectivity index (χ4n) is 4.14. The molecule has 164 valence electrons. The number of benzene rings is 1. The van der Waals surface area contributed by atoms with Gasteiger partial charge in [0, 0.05) is 56.5 Å². The molecule has 3 aromatic rings. The maximum atomic E-state index is 12.4. The molecule has 1 amide bonds. The van der Waals surface area contributed by atoms with Crippen molar-refractivity contribution >= 4 is 17.2 Å². The molecule has 0 saturated heterocycles. The number of ether oxygens (including phenoxy) is 1. The van der Waals surface area contributed by atoms with E-state index in [1.165, 1.54) is 16.7 Å². The van der Waals surface area contributed by atoms with E-state index in [9.17, 15) is 4.79 Å². The molecule has 1 aliphatic heterocycles. The Kier molecular flexibility index (Phi) is 6.73. The van der Waals surface area contributed by atoms with Crippen molar-refractivity contribution in [2.75, 3.05) is 19.6 Å². The standard InChI is InChI=1S/C24H30N4O2S/c1-17-21(18(2)27(3)26-17)8-9-24(29)25-11-12-28-14-19-6-4-5-7-22(19)30-23(15-28)20-10-13-31-16-20/h4-7,10,13,16,23H,8-9,11-12,14-15H2,1-3H3,(H,25,29)/t23-/m1/s1. The van der Waals surface area contributed by atoms with Gasteiger partial charge < -0.3 is 10.1 Å². The molecule has 6 nitrogen and oxygen atoms in total. The number of hydrogen-bond acceptors (Lipinski definition) is 5. The zero-order chi connectivity index (χ0) is 21.8. The number of amides is 1. The molecule has 0 radical (unpaired) electrons. The lowest BCUT2D eigenvalue weighted by Crippen LogP contribution is -2.36. The van der Waals surface area contributed by atoms with Crippen molar-refractivity contribution in [1.29, 1.82) is 0 Å². The molecule has 0 aliphatic carbocycles. The SMILES string of the molecule is Cc1nn(C)c(C)c1CCC(=O)NCCN1Cc2ccccc2O[C@@H](c2ccsc2)C1. The molecule has 0 saturated carbocycles. The van der Waals surface area contributed by atoms with Crippen LogP contribution in [0.2, 0.25) is 0 Å². The molecule has 1 N–H and O–H groups in total. The molecule has 7 heteroatoms. The molecular formula is C24H30N4O2S. The van der Waals surface area contributed by atoms with Gasteiger partial charge in [0.2, 0.25) is 5.91 Å². The minimum Gasteiger partial charge on any atom is -0.484 e. The van der Waals surface area contributed by atoms with E-state index in [0.29, 0.717) is 13.0 Å². The number of nitrogens with one attached hydrogen (secondary N) is 1. The lowest BCUT2D eigenvalue weighted by molar-refractivity contribution is -0.121. The molecule has 1 atom stereocenters. The summed E-state index contributed by atoms with van der Waals surface area (Å²) in [7, 11) is 1.94. The third kappa shape index (κ3) is 5.17. The summed E-state index contributed by atoms with van der Waals surface area (Å²) >= 11 is 1.69. The Morgan fingerprint density at radius 2 is 2.13 bits per heavy atom. The normalized spacial score (nSPS) is 16.4. The molecule has 31 heavy (non-hydrogen) atoms. The highest BCUT2D eigenvalue weighted by atomic mass is 32.1. The summed E-state index contributed by atoms with van der Waals surface area (Å²) in [5, 5.41) is 11.8. The summed E-state index contributed by atoms with van der Waals surface area (Å²) in [5.41, 5.74) is 5.72. The van der Waals surface area contributed by atoms with Crippen molar-refractivity contribution in [2.24, 2.45) is 7.05 Å². The van der Waals surface area contributed by atoms with E-state index in [1.807, 2.05) is 30.8 Å². The average molecular weight is 439 g/mol. The summed E-state index contributed by atoms with van der Waals surface area (Å²) in [4.78, 5) is 14.8. The van der Waals surface area contributed by atoms with Crippen LogP contribution >= 0.6 is 11.3 Å². The van der Waals surface area contributed by atoms with E-state index < -0.39 is 0 Å². The third-order valence-corrected chi connectivity index (χ3v) is 6.69. The summed E-state index contributed by atoms with van der Waals surface area (Å²) in [5.74, 6) is 1.04.